The average molecular weight is 253 g/mol. The van der Waals surface area contributed by atoms with Gasteiger partial charge >= 0.3 is 0 Å². The summed E-state index contributed by atoms with van der Waals surface area (Å²) in [6.07, 6.45) is 0.779. The van der Waals surface area contributed by atoms with Crippen molar-refractivity contribution in [3.8, 4) is 0 Å². The van der Waals surface area contributed by atoms with Gasteiger partial charge in [0.2, 0.25) is 0 Å². The number of nitrogens with zero attached hydrogens (tertiary/aromatic N) is 1. The SMILES string of the molecule is Cc1nc2[nH]c(Cc3ccccc3)c(C)c2c(=O)[nH]1. The van der Waals surface area contributed by atoms with Crippen molar-refractivity contribution in [2.24, 2.45) is 0 Å². The van der Waals surface area contributed by atoms with E-state index < -0.39 is 0 Å². The van der Waals surface area contributed by atoms with Crippen molar-refractivity contribution in [1.82, 2.24) is 15.0 Å². The third-order valence-corrected chi connectivity index (χ3v) is 3.36. The van der Waals surface area contributed by atoms with Gasteiger partial charge in [-0.15, -0.1) is 0 Å². The molecule has 4 heteroatoms. The second-order valence-electron chi connectivity index (χ2n) is 4.77. The molecule has 4 nitrogen and oxygen atoms in total. The first-order valence-corrected chi connectivity index (χ1v) is 6.27. The summed E-state index contributed by atoms with van der Waals surface area (Å²) in [5, 5.41) is 0.663. The lowest BCUT2D eigenvalue weighted by atomic mass is 10.1. The van der Waals surface area contributed by atoms with Gasteiger partial charge in [0.1, 0.15) is 11.5 Å². The molecule has 0 aliphatic rings. The van der Waals surface area contributed by atoms with Crippen molar-refractivity contribution in [1.29, 1.82) is 0 Å². The third-order valence-electron chi connectivity index (χ3n) is 3.36. The molecule has 19 heavy (non-hydrogen) atoms. The molecule has 0 amide bonds. The van der Waals surface area contributed by atoms with Gasteiger partial charge in [-0.2, -0.15) is 0 Å². The van der Waals surface area contributed by atoms with Gasteiger partial charge in [0.15, 0.2) is 0 Å². The first kappa shape index (κ1) is 11.7. The van der Waals surface area contributed by atoms with Crippen molar-refractivity contribution >= 4 is 11.0 Å². The van der Waals surface area contributed by atoms with Crippen LogP contribution in [0.25, 0.3) is 11.0 Å². The highest BCUT2D eigenvalue weighted by atomic mass is 16.1. The van der Waals surface area contributed by atoms with Crippen molar-refractivity contribution in [3.05, 3.63) is 63.3 Å². The van der Waals surface area contributed by atoms with E-state index in [0.29, 0.717) is 16.9 Å². The number of hydrogen-bond acceptors (Lipinski definition) is 2. The van der Waals surface area contributed by atoms with Gasteiger partial charge in [-0.1, -0.05) is 30.3 Å². The van der Waals surface area contributed by atoms with Gasteiger partial charge in [0.25, 0.3) is 5.56 Å². The van der Waals surface area contributed by atoms with E-state index in [2.05, 4.69) is 27.1 Å². The van der Waals surface area contributed by atoms with Gasteiger partial charge in [-0.05, 0) is 25.0 Å². The summed E-state index contributed by atoms with van der Waals surface area (Å²) in [5.41, 5.74) is 3.84. The van der Waals surface area contributed by atoms with Crippen LogP contribution in [0.1, 0.15) is 22.6 Å². The minimum absolute atomic E-state index is 0.0736. The highest BCUT2D eigenvalue weighted by Gasteiger charge is 2.12. The Kier molecular flexibility index (Phi) is 2.71. The maximum absolute atomic E-state index is 12.0. The lowest BCUT2D eigenvalue weighted by Crippen LogP contribution is -2.09. The molecule has 2 N–H and O–H groups in total. The summed E-state index contributed by atoms with van der Waals surface area (Å²) < 4.78 is 0. The summed E-state index contributed by atoms with van der Waals surface area (Å²) in [6, 6.07) is 10.2. The van der Waals surface area contributed by atoms with Crippen LogP contribution in [0.4, 0.5) is 0 Å². The predicted octanol–water partition coefficient (Wildman–Crippen LogP) is 2.46. The monoisotopic (exact) mass is 253 g/mol. The van der Waals surface area contributed by atoms with Crippen LogP contribution in [0.5, 0.6) is 0 Å². The van der Waals surface area contributed by atoms with Crippen molar-refractivity contribution in [2.75, 3.05) is 0 Å². The summed E-state index contributed by atoms with van der Waals surface area (Å²) >= 11 is 0. The van der Waals surface area contributed by atoms with Crippen molar-refractivity contribution in [2.45, 2.75) is 20.3 Å². The fraction of sp³-hybridized carbons (Fsp3) is 0.200. The van der Waals surface area contributed by atoms with Crippen molar-refractivity contribution in [3.63, 3.8) is 0 Å². The number of fused-ring (bicyclic) bond motifs is 1. The third kappa shape index (κ3) is 2.05. The lowest BCUT2D eigenvalue weighted by Gasteiger charge is -2.00. The molecule has 0 saturated heterocycles. The summed E-state index contributed by atoms with van der Waals surface area (Å²) in [7, 11) is 0. The van der Waals surface area contributed by atoms with E-state index in [1.165, 1.54) is 5.56 Å². The number of aromatic amines is 2. The Balaban J connectivity index is 2.13. The smallest absolute Gasteiger partial charge is 0.260 e. The minimum Gasteiger partial charge on any atom is -0.342 e. The van der Waals surface area contributed by atoms with Gasteiger partial charge in [-0.3, -0.25) is 4.79 Å². The topological polar surface area (TPSA) is 61.5 Å². The van der Waals surface area contributed by atoms with Gasteiger partial charge in [0, 0.05) is 12.1 Å². The van der Waals surface area contributed by atoms with Crippen LogP contribution < -0.4 is 5.56 Å². The van der Waals surface area contributed by atoms with Crippen molar-refractivity contribution < 1.29 is 0 Å². The van der Waals surface area contributed by atoms with E-state index in [1.54, 1.807) is 6.92 Å². The molecule has 0 aliphatic heterocycles. The molecule has 0 unspecified atom stereocenters. The molecular weight excluding hydrogens is 238 g/mol. The number of H-pyrrole nitrogens is 2. The van der Waals surface area contributed by atoms with E-state index in [9.17, 15) is 4.79 Å². The highest BCUT2D eigenvalue weighted by Crippen LogP contribution is 2.19. The van der Waals surface area contributed by atoms with Crippen LogP contribution in [-0.2, 0) is 6.42 Å². The van der Waals surface area contributed by atoms with Crippen LogP contribution in [0, 0.1) is 13.8 Å². The second kappa shape index (κ2) is 4.39. The molecule has 0 bridgehead atoms. The fourth-order valence-corrected chi connectivity index (χ4v) is 2.39. The van der Waals surface area contributed by atoms with Gasteiger partial charge in [-0.25, -0.2) is 4.98 Å². The van der Waals surface area contributed by atoms with E-state index in [0.717, 1.165) is 17.7 Å². The minimum atomic E-state index is -0.0736. The quantitative estimate of drug-likeness (QED) is 0.737. The van der Waals surface area contributed by atoms with E-state index in [4.69, 9.17) is 0 Å². The predicted molar refractivity (Wildman–Crippen MR) is 75.4 cm³/mol. The number of aryl methyl sites for hydroxylation is 2. The molecule has 0 radical (unpaired) electrons. The summed E-state index contributed by atoms with van der Waals surface area (Å²) in [6.45, 7) is 3.75. The largest absolute Gasteiger partial charge is 0.342 e. The Morgan fingerprint density at radius 3 is 2.58 bits per heavy atom. The molecule has 0 spiro atoms. The molecule has 1 aromatic carbocycles. The molecule has 0 atom stereocenters. The number of aromatic nitrogens is 3. The van der Waals surface area contributed by atoms with Crippen LogP contribution in [0.3, 0.4) is 0 Å². The van der Waals surface area contributed by atoms with Crippen LogP contribution >= 0.6 is 0 Å². The fourth-order valence-electron chi connectivity index (χ4n) is 2.39. The Labute approximate surface area is 110 Å². The highest BCUT2D eigenvalue weighted by molar-refractivity contribution is 5.80. The number of rotatable bonds is 2. The maximum Gasteiger partial charge on any atom is 0.260 e. The zero-order valence-corrected chi connectivity index (χ0v) is 10.9. The lowest BCUT2D eigenvalue weighted by molar-refractivity contribution is 1.04. The molecule has 96 valence electrons. The van der Waals surface area contributed by atoms with Crippen LogP contribution in [-0.4, -0.2) is 15.0 Å². The second-order valence-corrected chi connectivity index (χ2v) is 4.77. The molecule has 0 fully saturated rings. The Bertz CT molecular complexity index is 784. The zero-order chi connectivity index (χ0) is 13.4. The molecule has 0 aliphatic carbocycles. The van der Waals surface area contributed by atoms with E-state index in [1.807, 2.05) is 25.1 Å². The summed E-state index contributed by atoms with van der Waals surface area (Å²) in [5.74, 6) is 0.630. The number of nitrogens with one attached hydrogen (secondary N) is 2. The Morgan fingerprint density at radius 1 is 1.11 bits per heavy atom. The summed E-state index contributed by atoms with van der Waals surface area (Å²) in [4.78, 5) is 22.3. The normalized spacial score (nSPS) is 11.1. The number of hydrogen-bond donors (Lipinski definition) is 2. The first-order chi connectivity index (χ1) is 9.15. The molecule has 2 aromatic heterocycles. The van der Waals surface area contributed by atoms with Gasteiger partial charge < -0.3 is 9.97 Å². The molecule has 0 saturated carbocycles. The van der Waals surface area contributed by atoms with Crippen LogP contribution in [0.2, 0.25) is 0 Å². The number of benzene rings is 1. The molecule has 2 heterocycles. The van der Waals surface area contributed by atoms with E-state index >= 15 is 0 Å². The first-order valence-electron chi connectivity index (χ1n) is 6.27. The van der Waals surface area contributed by atoms with Crippen LogP contribution in [0.15, 0.2) is 35.1 Å². The standard InChI is InChI=1S/C15H15N3O/c1-9-12(8-11-6-4-3-5-7-11)18-14-13(9)15(19)17-10(2)16-14/h3-7H,8H2,1-2H3,(H2,16,17,18,19). The Hall–Kier alpha value is -2.36. The molecular formula is C15H15N3O. The molecule has 3 aromatic rings. The maximum atomic E-state index is 12.0. The zero-order valence-electron chi connectivity index (χ0n) is 10.9. The Morgan fingerprint density at radius 2 is 1.84 bits per heavy atom. The van der Waals surface area contributed by atoms with Gasteiger partial charge in [0.05, 0.1) is 5.39 Å². The molecule has 3 rings (SSSR count). The average Bonchev–Trinajstić information content (AvgIpc) is 2.67. The van der Waals surface area contributed by atoms with E-state index in [-0.39, 0.29) is 5.56 Å².